The minimum Gasteiger partial charge on any atom is -0.496 e. The van der Waals surface area contributed by atoms with E-state index in [-0.39, 0.29) is 6.04 Å². The molecule has 102 valence electrons. The van der Waals surface area contributed by atoms with Crippen molar-refractivity contribution in [3.05, 3.63) is 42.0 Å². The van der Waals surface area contributed by atoms with Crippen molar-refractivity contribution in [2.75, 3.05) is 20.2 Å². The second kappa shape index (κ2) is 5.52. The fraction of sp³-hybridized carbons (Fsp3) is 0.353. The number of hydrogen-bond acceptors (Lipinski definition) is 3. The van der Waals surface area contributed by atoms with Gasteiger partial charge in [0.05, 0.1) is 13.2 Å². The van der Waals surface area contributed by atoms with Crippen molar-refractivity contribution in [2.24, 2.45) is 0 Å². The van der Waals surface area contributed by atoms with E-state index in [1.54, 1.807) is 7.11 Å². The maximum absolute atomic E-state index is 9.67. The molecule has 1 saturated heterocycles. The van der Waals surface area contributed by atoms with Crippen LogP contribution in [0.4, 0.5) is 0 Å². The van der Waals surface area contributed by atoms with Gasteiger partial charge < -0.3 is 4.74 Å². The van der Waals surface area contributed by atoms with E-state index in [9.17, 15) is 5.26 Å². The Kier molecular flexibility index (Phi) is 3.58. The second-order valence-electron chi connectivity index (χ2n) is 5.18. The Balaban J connectivity index is 2.18. The van der Waals surface area contributed by atoms with E-state index in [1.807, 2.05) is 18.2 Å². The Labute approximate surface area is 119 Å². The number of rotatable bonds is 3. The lowest BCUT2D eigenvalue weighted by atomic mass is 9.97. The van der Waals surface area contributed by atoms with Gasteiger partial charge in [0.15, 0.2) is 0 Å². The van der Waals surface area contributed by atoms with Crippen LogP contribution >= 0.6 is 0 Å². The zero-order chi connectivity index (χ0) is 13.9. The highest BCUT2D eigenvalue weighted by Crippen LogP contribution is 2.36. The Hall–Kier alpha value is -2.05. The van der Waals surface area contributed by atoms with Gasteiger partial charge in [0.1, 0.15) is 11.8 Å². The third-order valence-corrected chi connectivity index (χ3v) is 4.05. The zero-order valence-corrected chi connectivity index (χ0v) is 11.7. The Bertz CT molecular complexity index is 654. The van der Waals surface area contributed by atoms with Crippen LogP contribution in [0, 0.1) is 11.3 Å². The maximum atomic E-state index is 9.67. The molecule has 1 heterocycles. The van der Waals surface area contributed by atoms with Crippen molar-refractivity contribution in [1.82, 2.24) is 4.90 Å². The molecule has 3 heteroatoms. The van der Waals surface area contributed by atoms with Gasteiger partial charge in [0.25, 0.3) is 0 Å². The van der Waals surface area contributed by atoms with Crippen LogP contribution < -0.4 is 4.74 Å². The van der Waals surface area contributed by atoms with Crippen LogP contribution in [0.5, 0.6) is 5.75 Å². The molecule has 2 aromatic carbocycles. The van der Waals surface area contributed by atoms with Crippen LogP contribution in [0.3, 0.4) is 0 Å². The summed E-state index contributed by atoms with van der Waals surface area (Å²) in [6, 6.07) is 14.5. The molecular weight excluding hydrogens is 248 g/mol. The minimum absolute atomic E-state index is 0.224. The Morgan fingerprint density at radius 1 is 1.15 bits per heavy atom. The van der Waals surface area contributed by atoms with Crippen molar-refractivity contribution in [2.45, 2.75) is 18.9 Å². The van der Waals surface area contributed by atoms with E-state index >= 15 is 0 Å². The normalized spacial score (nSPS) is 17.0. The van der Waals surface area contributed by atoms with Crippen molar-refractivity contribution in [3.63, 3.8) is 0 Å². The first kappa shape index (κ1) is 13.0. The number of fused-ring (bicyclic) bond motifs is 1. The van der Waals surface area contributed by atoms with Crippen LogP contribution in [-0.4, -0.2) is 25.1 Å². The molecule has 1 atom stereocenters. The molecule has 0 amide bonds. The van der Waals surface area contributed by atoms with Crippen molar-refractivity contribution in [3.8, 4) is 11.8 Å². The zero-order valence-electron chi connectivity index (χ0n) is 11.7. The molecule has 1 aliphatic heterocycles. The van der Waals surface area contributed by atoms with Crippen molar-refractivity contribution < 1.29 is 4.74 Å². The van der Waals surface area contributed by atoms with E-state index in [1.165, 1.54) is 12.8 Å². The molecule has 1 unspecified atom stereocenters. The summed E-state index contributed by atoms with van der Waals surface area (Å²) in [7, 11) is 1.67. The highest BCUT2D eigenvalue weighted by molar-refractivity contribution is 5.88. The fourth-order valence-corrected chi connectivity index (χ4v) is 3.06. The van der Waals surface area contributed by atoms with Crippen LogP contribution in [0.15, 0.2) is 36.4 Å². The third kappa shape index (κ3) is 2.13. The molecule has 0 bridgehead atoms. The second-order valence-corrected chi connectivity index (χ2v) is 5.18. The highest BCUT2D eigenvalue weighted by atomic mass is 16.5. The predicted octanol–water partition coefficient (Wildman–Crippen LogP) is 3.51. The number of methoxy groups -OCH3 is 1. The largest absolute Gasteiger partial charge is 0.496 e. The van der Waals surface area contributed by atoms with Crippen molar-refractivity contribution in [1.29, 1.82) is 5.26 Å². The van der Waals surface area contributed by atoms with Gasteiger partial charge in [-0.15, -0.1) is 0 Å². The number of hydrogen-bond donors (Lipinski definition) is 0. The van der Waals surface area contributed by atoms with Gasteiger partial charge in [-0.25, -0.2) is 0 Å². The summed E-state index contributed by atoms with van der Waals surface area (Å²) in [5.41, 5.74) is 1.01. The van der Waals surface area contributed by atoms with Crippen LogP contribution in [-0.2, 0) is 0 Å². The lowest BCUT2D eigenvalue weighted by Crippen LogP contribution is -2.25. The summed E-state index contributed by atoms with van der Waals surface area (Å²) < 4.78 is 5.52. The van der Waals surface area contributed by atoms with Gasteiger partial charge in [-0.3, -0.25) is 4.90 Å². The summed E-state index contributed by atoms with van der Waals surface area (Å²) in [4.78, 5) is 2.25. The van der Waals surface area contributed by atoms with E-state index in [0.29, 0.717) is 0 Å². The van der Waals surface area contributed by atoms with Crippen molar-refractivity contribution >= 4 is 10.8 Å². The molecule has 0 aliphatic carbocycles. The first-order chi connectivity index (χ1) is 9.85. The van der Waals surface area contributed by atoms with Crippen LogP contribution in [0.25, 0.3) is 10.8 Å². The van der Waals surface area contributed by atoms with Gasteiger partial charge >= 0.3 is 0 Å². The first-order valence-corrected chi connectivity index (χ1v) is 7.04. The van der Waals surface area contributed by atoms with Gasteiger partial charge in [-0.1, -0.05) is 30.3 Å². The van der Waals surface area contributed by atoms with Crippen LogP contribution in [0.2, 0.25) is 0 Å². The molecule has 1 aliphatic rings. The summed E-state index contributed by atoms with van der Waals surface area (Å²) in [5, 5.41) is 11.9. The van der Waals surface area contributed by atoms with Gasteiger partial charge in [0.2, 0.25) is 0 Å². The quantitative estimate of drug-likeness (QED) is 0.853. The van der Waals surface area contributed by atoms with E-state index < -0.39 is 0 Å². The van der Waals surface area contributed by atoms with E-state index in [2.05, 4.69) is 29.2 Å². The molecular formula is C17H18N2O. The topological polar surface area (TPSA) is 36.3 Å². The molecule has 0 radical (unpaired) electrons. The Morgan fingerprint density at radius 3 is 2.60 bits per heavy atom. The molecule has 2 aromatic rings. The smallest absolute Gasteiger partial charge is 0.128 e. The molecule has 20 heavy (non-hydrogen) atoms. The summed E-state index contributed by atoms with van der Waals surface area (Å²) in [6.45, 7) is 1.98. The average Bonchev–Trinajstić information content (AvgIpc) is 3.02. The summed E-state index contributed by atoms with van der Waals surface area (Å²) >= 11 is 0. The standard InChI is InChI=1S/C17H18N2O/c1-20-16-9-8-13-6-2-3-7-14(13)17(16)15(12-18)19-10-4-5-11-19/h2-3,6-9,15H,4-5,10-11H2,1H3. The number of nitriles is 1. The van der Waals surface area contributed by atoms with Gasteiger partial charge in [-0.2, -0.15) is 5.26 Å². The SMILES string of the molecule is COc1ccc2ccccc2c1C(C#N)N1CCCC1. The average molecular weight is 266 g/mol. The molecule has 0 saturated carbocycles. The molecule has 0 aromatic heterocycles. The monoisotopic (exact) mass is 266 g/mol. The molecule has 0 N–H and O–H groups in total. The number of benzene rings is 2. The lowest BCUT2D eigenvalue weighted by molar-refractivity contribution is 0.288. The number of ether oxygens (including phenoxy) is 1. The number of likely N-dealkylation sites (tertiary alicyclic amines) is 1. The summed E-state index contributed by atoms with van der Waals surface area (Å²) in [6.07, 6.45) is 2.34. The molecule has 1 fully saturated rings. The predicted molar refractivity (Wildman–Crippen MR) is 79.7 cm³/mol. The maximum Gasteiger partial charge on any atom is 0.128 e. The van der Waals surface area contributed by atoms with Gasteiger partial charge in [0, 0.05) is 5.56 Å². The Morgan fingerprint density at radius 2 is 1.90 bits per heavy atom. The lowest BCUT2D eigenvalue weighted by Gasteiger charge is -2.24. The highest BCUT2D eigenvalue weighted by Gasteiger charge is 2.27. The third-order valence-electron chi connectivity index (χ3n) is 4.05. The molecule has 0 spiro atoms. The molecule has 3 rings (SSSR count). The fourth-order valence-electron chi connectivity index (χ4n) is 3.06. The van der Waals surface area contributed by atoms with Gasteiger partial charge in [-0.05, 0) is 42.8 Å². The first-order valence-electron chi connectivity index (χ1n) is 7.04. The van der Waals surface area contributed by atoms with E-state index in [4.69, 9.17) is 4.74 Å². The minimum atomic E-state index is -0.224. The van der Waals surface area contributed by atoms with E-state index in [0.717, 1.165) is 35.2 Å². The summed E-state index contributed by atoms with van der Waals surface area (Å²) in [5.74, 6) is 0.808. The van der Waals surface area contributed by atoms with Crippen LogP contribution in [0.1, 0.15) is 24.4 Å². The number of nitrogens with zero attached hydrogens (tertiary/aromatic N) is 2. The molecule has 3 nitrogen and oxygen atoms in total.